The average molecular weight is 282 g/mol. The molecule has 0 aromatic heterocycles. The Morgan fingerprint density at radius 1 is 1.10 bits per heavy atom. The Labute approximate surface area is 120 Å². The second kappa shape index (κ2) is 5.72. The molecule has 2 fully saturated rings. The molecule has 0 heterocycles. The molecule has 0 spiro atoms. The van der Waals surface area contributed by atoms with Crippen molar-refractivity contribution in [2.24, 2.45) is 11.7 Å². The molecule has 0 aromatic carbocycles. The lowest BCUT2D eigenvalue weighted by Crippen LogP contribution is -2.64. The van der Waals surface area contributed by atoms with E-state index in [-0.39, 0.29) is 5.91 Å². The molecule has 0 aliphatic heterocycles. The van der Waals surface area contributed by atoms with Crippen LogP contribution in [0.3, 0.4) is 0 Å². The molecule has 2 rings (SSSR count). The molecule has 0 aromatic rings. The highest BCUT2D eigenvalue weighted by atomic mass is 16.4. The highest BCUT2D eigenvalue weighted by molar-refractivity contribution is 5.92. The van der Waals surface area contributed by atoms with Gasteiger partial charge in [-0.25, -0.2) is 4.79 Å². The van der Waals surface area contributed by atoms with E-state index >= 15 is 0 Å². The zero-order valence-electron chi connectivity index (χ0n) is 12.3. The first-order chi connectivity index (χ1) is 9.38. The van der Waals surface area contributed by atoms with Crippen LogP contribution in [-0.4, -0.2) is 28.1 Å². The van der Waals surface area contributed by atoms with Crippen molar-refractivity contribution in [2.45, 2.75) is 75.8 Å². The summed E-state index contributed by atoms with van der Waals surface area (Å²) in [6.07, 6.45) is 7.00. The second-order valence-corrected chi connectivity index (χ2v) is 6.74. The molecule has 114 valence electrons. The van der Waals surface area contributed by atoms with Gasteiger partial charge in [-0.2, -0.15) is 0 Å². The van der Waals surface area contributed by atoms with Gasteiger partial charge in [-0.15, -0.1) is 0 Å². The smallest absolute Gasteiger partial charge is 0.329 e. The van der Waals surface area contributed by atoms with Gasteiger partial charge >= 0.3 is 5.97 Å². The summed E-state index contributed by atoms with van der Waals surface area (Å²) in [6.45, 7) is 2.12. The number of carbonyl (C=O) groups is 2. The van der Waals surface area contributed by atoms with E-state index in [1.165, 1.54) is 0 Å². The Morgan fingerprint density at radius 3 is 2.15 bits per heavy atom. The van der Waals surface area contributed by atoms with E-state index in [9.17, 15) is 14.7 Å². The number of carboxylic acid groups (broad SMARTS) is 1. The summed E-state index contributed by atoms with van der Waals surface area (Å²) in [5.41, 5.74) is 4.23. The maximum Gasteiger partial charge on any atom is 0.329 e. The van der Waals surface area contributed by atoms with Crippen molar-refractivity contribution in [3.63, 3.8) is 0 Å². The van der Waals surface area contributed by atoms with Crippen LogP contribution >= 0.6 is 0 Å². The molecule has 2 aliphatic carbocycles. The van der Waals surface area contributed by atoms with Gasteiger partial charge in [0.15, 0.2) is 0 Å². The van der Waals surface area contributed by atoms with E-state index in [4.69, 9.17) is 5.73 Å². The molecule has 5 heteroatoms. The van der Waals surface area contributed by atoms with Gasteiger partial charge in [0.2, 0.25) is 5.91 Å². The molecule has 5 nitrogen and oxygen atoms in total. The Morgan fingerprint density at radius 2 is 1.65 bits per heavy atom. The van der Waals surface area contributed by atoms with E-state index in [2.05, 4.69) is 12.2 Å². The van der Waals surface area contributed by atoms with Crippen LogP contribution in [0.2, 0.25) is 0 Å². The Balaban J connectivity index is 2.08. The SMILES string of the molecule is CC1CCC(NC(=O)C2(N)CCCCC2)(C(=O)O)CC1. The van der Waals surface area contributed by atoms with Crippen molar-refractivity contribution in [3.05, 3.63) is 0 Å². The zero-order chi connectivity index (χ0) is 14.8. The monoisotopic (exact) mass is 282 g/mol. The summed E-state index contributed by atoms with van der Waals surface area (Å²) >= 11 is 0. The first-order valence-corrected chi connectivity index (χ1v) is 7.73. The maximum absolute atomic E-state index is 12.5. The van der Waals surface area contributed by atoms with Crippen LogP contribution in [0.15, 0.2) is 0 Å². The van der Waals surface area contributed by atoms with E-state index in [1.807, 2.05) is 0 Å². The van der Waals surface area contributed by atoms with Crippen LogP contribution in [0.4, 0.5) is 0 Å². The van der Waals surface area contributed by atoms with Crippen molar-refractivity contribution >= 4 is 11.9 Å². The Bertz CT molecular complexity index is 381. The Kier molecular flexibility index (Phi) is 4.37. The minimum atomic E-state index is -1.10. The third-order valence-electron chi connectivity index (χ3n) is 5.09. The molecule has 20 heavy (non-hydrogen) atoms. The summed E-state index contributed by atoms with van der Waals surface area (Å²) in [5, 5.41) is 12.3. The second-order valence-electron chi connectivity index (χ2n) is 6.74. The summed E-state index contributed by atoms with van der Waals surface area (Å²) in [5.74, 6) is -0.660. The van der Waals surface area contributed by atoms with Crippen molar-refractivity contribution in [1.29, 1.82) is 0 Å². The van der Waals surface area contributed by atoms with Crippen LogP contribution in [-0.2, 0) is 9.59 Å². The van der Waals surface area contributed by atoms with Gasteiger partial charge < -0.3 is 16.2 Å². The number of carbonyl (C=O) groups excluding carboxylic acids is 1. The van der Waals surface area contributed by atoms with Gasteiger partial charge in [0.1, 0.15) is 5.54 Å². The lowest BCUT2D eigenvalue weighted by atomic mass is 9.75. The highest BCUT2D eigenvalue weighted by Gasteiger charge is 2.46. The van der Waals surface area contributed by atoms with E-state index in [0.717, 1.165) is 32.1 Å². The molecular weight excluding hydrogens is 256 g/mol. The molecule has 0 saturated heterocycles. The molecule has 0 radical (unpaired) electrons. The van der Waals surface area contributed by atoms with Gasteiger partial charge in [-0.3, -0.25) is 4.79 Å². The molecule has 1 amide bonds. The van der Waals surface area contributed by atoms with Crippen molar-refractivity contribution in [2.75, 3.05) is 0 Å². The number of aliphatic carboxylic acids is 1. The Hall–Kier alpha value is -1.10. The number of carboxylic acids is 1. The third-order valence-corrected chi connectivity index (χ3v) is 5.09. The van der Waals surface area contributed by atoms with Gasteiger partial charge in [0.05, 0.1) is 5.54 Å². The molecule has 2 saturated carbocycles. The summed E-state index contributed by atoms with van der Waals surface area (Å²) in [7, 11) is 0. The van der Waals surface area contributed by atoms with Crippen LogP contribution in [0.1, 0.15) is 64.7 Å². The normalized spacial score (nSPS) is 33.4. The van der Waals surface area contributed by atoms with E-state index in [0.29, 0.717) is 31.6 Å². The predicted octanol–water partition coefficient (Wildman–Crippen LogP) is 1.80. The maximum atomic E-state index is 12.5. The largest absolute Gasteiger partial charge is 0.480 e. The van der Waals surface area contributed by atoms with Crippen LogP contribution in [0.25, 0.3) is 0 Å². The fourth-order valence-electron chi connectivity index (χ4n) is 3.40. The average Bonchev–Trinajstić information content (AvgIpc) is 2.42. The highest BCUT2D eigenvalue weighted by Crippen LogP contribution is 2.34. The van der Waals surface area contributed by atoms with Crippen molar-refractivity contribution < 1.29 is 14.7 Å². The lowest BCUT2D eigenvalue weighted by molar-refractivity contribution is -0.150. The summed E-state index contributed by atoms with van der Waals surface area (Å²) in [6, 6.07) is 0. The molecule has 0 bridgehead atoms. The minimum absolute atomic E-state index is 0.269. The van der Waals surface area contributed by atoms with Crippen LogP contribution < -0.4 is 11.1 Å². The lowest BCUT2D eigenvalue weighted by Gasteiger charge is -2.40. The molecule has 0 atom stereocenters. The number of hydrogen-bond donors (Lipinski definition) is 3. The number of nitrogens with two attached hydrogens (primary N) is 1. The van der Waals surface area contributed by atoms with Gasteiger partial charge in [0, 0.05) is 0 Å². The zero-order valence-corrected chi connectivity index (χ0v) is 12.3. The fourth-order valence-corrected chi connectivity index (χ4v) is 3.40. The molecule has 2 aliphatic rings. The first kappa shape index (κ1) is 15.3. The van der Waals surface area contributed by atoms with Gasteiger partial charge in [-0.05, 0) is 44.4 Å². The summed E-state index contributed by atoms with van der Waals surface area (Å²) in [4.78, 5) is 24.1. The molecule has 4 N–H and O–H groups in total. The van der Waals surface area contributed by atoms with Crippen LogP contribution in [0.5, 0.6) is 0 Å². The predicted molar refractivity (Wildman–Crippen MR) is 76.1 cm³/mol. The number of nitrogens with one attached hydrogen (secondary N) is 1. The number of hydrogen-bond acceptors (Lipinski definition) is 3. The quantitative estimate of drug-likeness (QED) is 0.736. The van der Waals surface area contributed by atoms with Gasteiger partial charge in [0.25, 0.3) is 0 Å². The first-order valence-electron chi connectivity index (χ1n) is 7.73. The third kappa shape index (κ3) is 2.97. The van der Waals surface area contributed by atoms with Crippen LogP contribution in [0, 0.1) is 5.92 Å². The topological polar surface area (TPSA) is 92.4 Å². The van der Waals surface area contributed by atoms with E-state index < -0.39 is 17.0 Å². The minimum Gasteiger partial charge on any atom is -0.480 e. The summed E-state index contributed by atoms with van der Waals surface area (Å²) < 4.78 is 0. The standard InChI is InChI=1S/C15H26N2O3/c1-11-5-9-15(10-6-11,13(19)20)17-12(18)14(16)7-3-2-4-8-14/h11H,2-10,16H2,1H3,(H,17,18)(H,19,20). The van der Waals surface area contributed by atoms with Crippen molar-refractivity contribution in [3.8, 4) is 0 Å². The fraction of sp³-hybridized carbons (Fsp3) is 0.867. The van der Waals surface area contributed by atoms with E-state index in [1.54, 1.807) is 0 Å². The molecule has 0 unspecified atom stereocenters. The van der Waals surface area contributed by atoms with Crippen molar-refractivity contribution in [1.82, 2.24) is 5.32 Å². The molecular formula is C15H26N2O3. The number of amides is 1. The van der Waals surface area contributed by atoms with Gasteiger partial charge in [-0.1, -0.05) is 26.2 Å². The number of rotatable bonds is 3.